The van der Waals surface area contributed by atoms with E-state index in [1.165, 1.54) is 17.2 Å². The van der Waals surface area contributed by atoms with Crippen LogP contribution in [0.25, 0.3) is 0 Å². The van der Waals surface area contributed by atoms with Gasteiger partial charge in [0.05, 0.1) is 0 Å². The molecule has 0 unspecified atom stereocenters. The van der Waals surface area contributed by atoms with Gasteiger partial charge in [-0.2, -0.15) is 11.8 Å². The number of nitrogens with one attached hydrogen (secondary N) is 1. The molecule has 1 aliphatic rings. The number of benzene rings is 1. The molecule has 0 spiro atoms. The van der Waals surface area contributed by atoms with Crippen LogP contribution in [0, 0.1) is 0 Å². The molecule has 1 fully saturated rings. The van der Waals surface area contributed by atoms with E-state index in [4.69, 9.17) is 0 Å². The Morgan fingerprint density at radius 2 is 1.81 bits per heavy atom. The van der Waals surface area contributed by atoms with Crippen molar-refractivity contribution < 1.29 is 4.79 Å². The summed E-state index contributed by atoms with van der Waals surface area (Å²) in [4.78, 5) is 13.8. The first-order valence-corrected chi connectivity index (χ1v) is 8.67. The van der Waals surface area contributed by atoms with E-state index >= 15 is 0 Å². The van der Waals surface area contributed by atoms with Crippen LogP contribution in [0.15, 0.2) is 36.4 Å². The monoisotopic (exact) mass is 306 g/mol. The van der Waals surface area contributed by atoms with Gasteiger partial charge in [0.25, 0.3) is 0 Å². The summed E-state index contributed by atoms with van der Waals surface area (Å²) in [5.41, 5.74) is 2.93. The second-order valence-electron chi connectivity index (χ2n) is 4.73. The molecule has 0 aliphatic carbocycles. The summed E-state index contributed by atoms with van der Waals surface area (Å²) in [6.45, 7) is 12.1. The Morgan fingerprint density at radius 3 is 2.33 bits per heavy atom. The maximum Gasteiger partial charge on any atom is 0.246 e. The van der Waals surface area contributed by atoms with Gasteiger partial charge < -0.3 is 10.2 Å². The van der Waals surface area contributed by atoms with Gasteiger partial charge in [-0.15, -0.1) is 0 Å². The van der Waals surface area contributed by atoms with Gasteiger partial charge in [0.1, 0.15) is 0 Å². The van der Waals surface area contributed by atoms with E-state index in [1.54, 1.807) is 6.92 Å². The maximum atomic E-state index is 11.4. The molecule has 1 aliphatic heterocycles. The molecule has 3 nitrogen and oxygen atoms in total. The number of hydrogen-bond donors (Lipinski definition) is 1. The number of thioether (sulfide) groups is 1. The lowest BCUT2D eigenvalue weighted by molar-refractivity contribution is -0.117. The van der Waals surface area contributed by atoms with Crippen LogP contribution < -0.4 is 10.2 Å². The molecule has 21 heavy (non-hydrogen) atoms. The van der Waals surface area contributed by atoms with E-state index < -0.39 is 0 Å². The number of hydrogen-bond acceptors (Lipinski definition) is 3. The molecule has 0 atom stereocenters. The van der Waals surface area contributed by atoms with Gasteiger partial charge in [0.15, 0.2) is 0 Å². The zero-order valence-electron chi connectivity index (χ0n) is 13.3. The Labute approximate surface area is 132 Å². The first-order valence-electron chi connectivity index (χ1n) is 7.52. The average Bonchev–Trinajstić information content (AvgIpc) is 2.55. The van der Waals surface area contributed by atoms with Crippen LogP contribution in [0.2, 0.25) is 0 Å². The molecule has 1 aromatic rings. The zero-order valence-corrected chi connectivity index (χ0v) is 14.1. The molecular formula is C17H26N2OS. The lowest BCUT2D eigenvalue weighted by atomic mass is 10.2. The number of anilines is 1. The van der Waals surface area contributed by atoms with E-state index in [2.05, 4.69) is 41.1 Å². The number of amides is 1. The van der Waals surface area contributed by atoms with Crippen molar-refractivity contribution in [3.05, 3.63) is 42.0 Å². The van der Waals surface area contributed by atoms with Gasteiger partial charge in [-0.05, 0) is 24.6 Å². The second kappa shape index (κ2) is 9.50. The molecule has 1 saturated heterocycles. The predicted molar refractivity (Wildman–Crippen MR) is 94.0 cm³/mol. The summed E-state index contributed by atoms with van der Waals surface area (Å²) >= 11 is 2.01. The molecule has 116 valence electrons. The first kappa shape index (κ1) is 17.6. The highest BCUT2D eigenvalue weighted by molar-refractivity contribution is 7.99. The Kier molecular flexibility index (Phi) is 7.98. The highest BCUT2D eigenvalue weighted by Crippen LogP contribution is 2.19. The highest BCUT2D eigenvalue weighted by atomic mass is 32.2. The van der Waals surface area contributed by atoms with Crippen molar-refractivity contribution >= 4 is 23.4 Å². The van der Waals surface area contributed by atoms with Crippen LogP contribution in [0.3, 0.4) is 0 Å². The molecule has 0 saturated carbocycles. The summed E-state index contributed by atoms with van der Waals surface area (Å²) in [6.07, 6.45) is 0. The van der Waals surface area contributed by atoms with Gasteiger partial charge in [-0.25, -0.2) is 0 Å². The Balaban J connectivity index is 0.00000106. The number of carbonyl (C=O) groups is 1. The molecular weight excluding hydrogens is 280 g/mol. The van der Waals surface area contributed by atoms with Gasteiger partial charge in [0, 0.05) is 42.4 Å². The Bertz CT molecular complexity index is 450. The predicted octanol–water partition coefficient (Wildman–Crippen LogP) is 3.46. The summed E-state index contributed by atoms with van der Waals surface area (Å²) in [6, 6.07) is 8.43. The number of nitrogens with zero attached hydrogens (tertiary/aromatic N) is 1. The van der Waals surface area contributed by atoms with Crippen LogP contribution in [0.5, 0.6) is 0 Å². The fourth-order valence-corrected chi connectivity index (χ4v) is 2.88. The van der Waals surface area contributed by atoms with Gasteiger partial charge in [-0.1, -0.05) is 32.6 Å². The van der Waals surface area contributed by atoms with Crippen molar-refractivity contribution in [1.29, 1.82) is 0 Å². The van der Waals surface area contributed by atoms with E-state index in [0.29, 0.717) is 12.1 Å². The van der Waals surface area contributed by atoms with Crippen LogP contribution >= 0.6 is 11.8 Å². The van der Waals surface area contributed by atoms with E-state index in [1.807, 2.05) is 25.6 Å². The molecule has 0 radical (unpaired) electrons. The largest absolute Gasteiger partial charge is 0.370 e. The Hall–Kier alpha value is -1.42. The number of carbonyl (C=O) groups excluding carboxylic acids is 1. The summed E-state index contributed by atoms with van der Waals surface area (Å²) < 4.78 is 0. The smallest absolute Gasteiger partial charge is 0.246 e. The molecule has 4 heteroatoms. The second-order valence-corrected chi connectivity index (χ2v) is 5.95. The van der Waals surface area contributed by atoms with Crippen LogP contribution in [-0.4, -0.2) is 30.5 Å². The third-order valence-electron chi connectivity index (χ3n) is 3.15. The SMILES string of the molecule is C=C(C)C(=O)NCc1ccc(N2CCSCC2)cc1.CC. The van der Waals surface area contributed by atoms with Crippen molar-refractivity contribution in [2.24, 2.45) is 0 Å². The van der Waals surface area contributed by atoms with E-state index in [-0.39, 0.29) is 5.91 Å². The first-order chi connectivity index (χ1) is 10.2. The van der Waals surface area contributed by atoms with Gasteiger partial charge in [0.2, 0.25) is 5.91 Å². The molecule has 1 N–H and O–H groups in total. The Morgan fingerprint density at radius 1 is 1.24 bits per heavy atom. The van der Waals surface area contributed by atoms with Crippen LogP contribution in [0.1, 0.15) is 26.3 Å². The standard InChI is InChI=1S/C15H20N2OS.C2H6/c1-12(2)15(18)16-11-13-3-5-14(6-4-13)17-7-9-19-10-8-17;1-2/h3-6H,1,7-11H2,2H3,(H,16,18);1-2H3. The van der Waals surface area contributed by atoms with Crippen molar-refractivity contribution in [3.63, 3.8) is 0 Å². The summed E-state index contributed by atoms with van der Waals surface area (Å²) in [5, 5.41) is 2.84. The fourth-order valence-electron chi connectivity index (χ4n) is 1.98. The minimum Gasteiger partial charge on any atom is -0.370 e. The molecule has 1 aromatic carbocycles. The van der Waals surface area contributed by atoms with Crippen molar-refractivity contribution in [1.82, 2.24) is 5.32 Å². The van der Waals surface area contributed by atoms with E-state index in [0.717, 1.165) is 18.7 Å². The molecule has 1 heterocycles. The maximum absolute atomic E-state index is 11.4. The summed E-state index contributed by atoms with van der Waals surface area (Å²) in [7, 11) is 0. The van der Waals surface area contributed by atoms with Crippen LogP contribution in [-0.2, 0) is 11.3 Å². The van der Waals surface area contributed by atoms with Crippen molar-refractivity contribution in [3.8, 4) is 0 Å². The summed E-state index contributed by atoms with van der Waals surface area (Å²) in [5.74, 6) is 2.32. The van der Waals surface area contributed by atoms with Crippen molar-refractivity contribution in [2.75, 3.05) is 29.5 Å². The lowest BCUT2D eigenvalue weighted by Crippen LogP contribution is -2.32. The fraction of sp³-hybridized carbons (Fsp3) is 0.471. The van der Waals surface area contributed by atoms with Gasteiger partial charge in [-0.3, -0.25) is 4.79 Å². The van der Waals surface area contributed by atoms with Crippen molar-refractivity contribution in [2.45, 2.75) is 27.3 Å². The minimum atomic E-state index is -0.0860. The zero-order chi connectivity index (χ0) is 15.7. The molecule has 0 aromatic heterocycles. The average molecular weight is 306 g/mol. The quantitative estimate of drug-likeness (QED) is 0.865. The normalized spacial score (nSPS) is 14.0. The van der Waals surface area contributed by atoms with Crippen LogP contribution in [0.4, 0.5) is 5.69 Å². The third-order valence-corrected chi connectivity index (χ3v) is 4.10. The lowest BCUT2D eigenvalue weighted by Gasteiger charge is -2.28. The molecule has 0 bridgehead atoms. The molecule has 1 amide bonds. The topological polar surface area (TPSA) is 32.3 Å². The molecule has 2 rings (SSSR count). The van der Waals surface area contributed by atoms with Gasteiger partial charge >= 0.3 is 0 Å². The number of rotatable bonds is 4. The minimum absolute atomic E-state index is 0.0860. The third kappa shape index (κ3) is 5.84. The van der Waals surface area contributed by atoms with E-state index in [9.17, 15) is 4.79 Å². The highest BCUT2D eigenvalue weighted by Gasteiger charge is 2.10.